The summed E-state index contributed by atoms with van der Waals surface area (Å²) in [6.45, 7) is 0.572. The normalized spacial score (nSPS) is 25.6. The first-order chi connectivity index (χ1) is 9.46. The number of rotatable bonds is 4. The zero-order valence-electron chi connectivity index (χ0n) is 11.7. The van der Waals surface area contributed by atoms with Crippen LogP contribution in [0.3, 0.4) is 0 Å². The van der Waals surface area contributed by atoms with Gasteiger partial charge in [0.2, 0.25) is 10.0 Å². The van der Waals surface area contributed by atoms with Crippen molar-refractivity contribution < 1.29 is 8.42 Å². The lowest BCUT2D eigenvalue weighted by molar-refractivity contribution is 0.268. The standard InChI is InChI=1S/C15H20ClNO2S/c1-17(10-11-7-14(16)8-11)20(18,19)15-6-5-12-3-2-4-13(12)9-15/h5-6,9,11,14H,2-4,7-8,10H2,1H3. The SMILES string of the molecule is CN(CC1CC(Cl)C1)S(=O)(=O)c1ccc2c(c1)CCC2. The molecule has 3 nitrogen and oxygen atoms in total. The maximum absolute atomic E-state index is 12.6. The van der Waals surface area contributed by atoms with Gasteiger partial charge >= 0.3 is 0 Å². The van der Waals surface area contributed by atoms with E-state index in [4.69, 9.17) is 11.6 Å². The first-order valence-corrected chi connectivity index (χ1v) is 9.06. The van der Waals surface area contributed by atoms with Crippen LogP contribution in [0.2, 0.25) is 0 Å². The summed E-state index contributed by atoms with van der Waals surface area (Å²) in [5, 5.41) is 0.232. The molecule has 1 aromatic carbocycles. The van der Waals surface area contributed by atoms with E-state index in [1.165, 1.54) is 15.4 Å². The Hall–Kier alpha value is -0.580. The van der Waals surface area contributed by atoms with Gasteiger partial charge in [-0.25, -0.2) is 12.7 Å². The summed E-state index contributed by atoms with van der Waals surface area (Å²) in [4.78, 5) is 0.433. The Kier molecular flexibility index (Phi) is 3.82. The molecule has 0 bridgehead atoms. The number of alkyl halides is 1. The Balaban J connectivity index is 1.77. The van der Waals surface area contributed by atoms with Crippen molar-refractivity contribution in [3.8, 4) is 0 Å². The van der Waals surface area contributed by atoms with Gasteiger partial charge in [-0.1, -0.05) is 6.07 Å². The van der Waals surface area contributed by atoms with Gasteiger partial charge < -0.3 is 0 Å². The summed E-state index contributed by atoms with van der Waals surface area (Å²) in [5.41, 5.74) is 2.50. The summed E-state index contributed by atoms with van der Waals surface area (Å²) < 4.78 is 26.6. The van der Waals surface area contributed by atoms with Gasteiger partial charge in [-0.15, -0.1) is 11.6 Å². The highest BCUT2D eigenvalue weighted by Crippen LogP contribution is 2.33. The molecule has 0 atom stereocenters. The van der Waals surface area contributed by atoms with Crippen LogP contribution in [0.15, 0.2) is 23.1 Å². The molecule has 1 aromatic rings. The van der Waals surface area contributed by atoms with Crippen LogP contribution < -0.4 is 0 Å². The molecule has 3 rings (SSSR count). The van der Waals surface area contributed by atoms with Crippen LogP contribution in [0.5, 0.6) is 0 Å². The highest BCUT2D eigenvalue weighted by Gasteiger charge is 2.32. The van der Waals surface area contributed by atoms with Crippen LogP contribution in [-0.2, 0) is 22.9 Å². The van der Waals surface area contributed by atoms with E-state index in [2.05, 4.69) is 0 Å². The number of fused-ring (bicyclic) bond motifs is 1. The second kappa shape index (κ2) is 5.32. The van der Waals surface area contributed by atoms with E-state index in [1.54, 1.807) is 13.1 Å². The topological polar surface area (TPSA) is 37.4 Å². The molecule has 0 amide bonds. The van der Waals surface area contributed by atoms with Crippen molar-refractivity contribution in [1.82, 2.24) is 4.31 Å². The Bertz CT molecular complexity index is 608. The summed E-state index contributed by atoms with van der Waals surface area (Å²) in [6.07, 6.45) is 5.05. The number of halogens is 1. The quantitative estimate of drug-likeness (QED) is 0.802. The van der Waals surface area contributed by atoms with Gasteiger partial charge in [0.15, 0.2) is 0 Å². The van der Waals surface area contributed by atoms with Crippen LogP contribution in [0.4, 0.5) is 0 Å². The van der Waals surface area contributed by atoms with Crippen molar-refractivity contribution in [1.29, 1.82) is 0 Å². The molecule has 110 valence electrons. The molecule has 2 aliphatic carbocycles. The summed E-state index contributed by atoms with van der Waals surface area (Å²) in [6, 6.07) is 5.58. The first kappa shape index (κ1) is 14.4. The van der Waals surface area contributed by atoms with Crippen molar-refractivity contribution >= 4 is 21.6 Å². The summed E-state index contributed by atoms with van der Waals surface area (Å²) >= 11 is 5.95. The van der Waals surface area contributed by atoms with Gasteiger partial charge in [0.25, 0.3) is 0 Å². The van der Waals surface area contributed by atoms with Gasteiger partial charge in [-0.3, -0.25) is 0 Å². The molecule has 0 N–H and O–H groups in total. The Morgan fingerprint density at radius 1 is 1.25 bits per heavy atom. The maximum atomic E-state index is 12.6. The van der Waals surface area contributed by atoms with Gasteiger partial charge in [0, 0.05) is 19.0 Å². The maximum Gasteiger partial charge on any atom is 0.242 e. The van der Waals surface area contributed by atoms with E-state index in [-0.39, 0.29) is 5.38 Å². The molecule has 0 aromatic heterocycles. The number of hydrogen-bond acceptors (Lipinski definition) is 2. The molecule has 1 fully saturated rings. The Morgan fingerprint density at radius 2 is 1.95 bits per heavy atom. The third kappa shape index (κ3) is 2.61. The minimum absolute atomic E-state index is 0.232. The van der Waals surface area contributed by atoms with E-state index < -0.39 is 10.0 Å². The molecule has 5 heteroatoms. The van der Waals surface area contributed by atoms with Crippen molar-refractivity contribution in [3.05, 3.63) is 29.3 Å². The second-order valence-electron chi connectivity index (χ2n) is 6.00. The number of aryl methyl sites for hydroxylation is 2. The molecular formula is C15H20ClNO2S. The van der Waals surface area contributed by atoms with Gasteiger partial charge in [0.05, 0.1) is 4.90 Å². The van der Waals surface area contributed by atoms with E-state index in [0.29, 0.717) is 17.4 Å². The number of sulfonamides is 1. The van der Waals surface area contributed by atoms with Gasteiger partial charge in [-0.2, -0.15) is 0 Å². The Labute approximate surface area is 126 Å². The highest BCUT2D eigenvalue weighted by atomic mass is 35.5. The molecule has 0 heterocycles. The lowest BCUT2D eigenvalue weighted by atomic mass is 9.85. The predicted molar refractivity (Wildman–Crippen MR) is 80.6 cm³/mol. The Morgan fingerprint density at radius 3 is 2.65 bits per heavy atom. The van der Waals surface area contributed by atoms with Crippen molar-refractivity contribution in [3.63, 3.8) is 0 Å². The number of nitrogens with zero attached hydrogens (tertiary/aromatic N) is 1. The summed E-state index contributed by atoms with van der Waals surface area (Å²) in [7, 11) is -1.69. The molecule has 0 aliphatic heterocycles. The van der Waals surface area contributed by atoms with Crippen molar-refractivity contribution in [2.24, 2.45) is 5.92 Å². The molecule has 2 aliphatic rings. The number of benzene rings is 1. The van der Waals surface area contributed by atoms with Crippen LogP contribution >= 0.6 is 11.6 Å². The molecule has 0 unspecified atom stereocenters. The van der Waals surface area contributed by atoms with Crippen LogP contribution in [0.1, 0.15) is 30.4 Å². The number of hydrogen-bond donors (Lipinski definition) is 0. The first-order valence-electron chi connectivity index (χ1n) is 7.19. The van der Waals surface area contributed by atoms with Crippen LogP contribution in [0.25, 0.3) is 0 Å². The van der Waals surface area contributed by atoms with E-state index >= 15 is 0 Å². The second-order valence-corrected chi connectivity index (χ2v) is 8.67. The molecular weight excluding hydrogens is 294 g/mol. The minimum Gasteiger partial charge on any atom is -0.207 e. The fourth-order valence-electron chi connectivity index (χ4n) is 3.15. The van der Waals surface area contributed by atoms with Crippen molar-refractivity contribution in [2.45, 2.75) is 42.4 Å². The lowest BCUT2D eigenvalue weighted by Gasteiger charge is -2.33. The zero-order chi connectivity index (χ0) is 14.3. The monoisotopic (exact) mass is 313 g/mol. The van der Waals surface area contributed by atoms with Crippen molar-refractivity contribution in [2.75, 3.05) is 13.6 Å². The largest absolute Gasteiger partial charge is 0.242 e. The predicted octanol–water partition coefficient (Wildman–Crippen LogP) is 2.81. The van der Waals surface area contributed by atoms with Gasteiger partial charge in [0.1, 0.15) is 0 Å². The fourth-order valence-corrected chi connectivity index (χ4v) is 4.96. The third-order valence-electron chi connectivity index (χ3n) is 4.47. The van der Waals surface area contributed by atoms with Gasteiger partial charge in [-0.05, 0) is 61.3 Å². The average Bonchev–Trinajstić information content (AvgIpc) is 2.83. The van der Waals surface area contributed by atoms with E-state index in [1.807, 2.05) is 12.1 Å². The lowest BCUT2D eigenvalue weighted by Crippen LogP contribution is -2.37. The summed E-state index contributed by atoms with van der Waals surface area (Å²) in [5.74, 6) is 0.409. The van der Waals surface area contributed by atoms with Crippen LogP contribution in [-0.4, -0.2) is 31.7 Å². The fraction of sp³-hybridized carbons (Fsp3) is 0.600. The minimum atomic E-state index is -3.36. The van der Waals surface area contributed by atoms with E-state index in [0.717, 1.165) is 32.1 Å². The molecule has 1 saturated carbocycles. The highest BCUT2D eigenvalue weighted by molar-refractivity contribution is 7.89. The average molecular weight is 314 g/mol. The molecule has 0 radical (unpaired) electrons. The molecule has 20 heavy (non-hydrogen) atoms. The smallest absolute Gasteiger partial charge is 0.207 e. The van der Waals surface area contributed by atoms with Crippen LogP contribution in [0, 0.1) is 5.92 Å². The molecule has 0 spiro atoms. The zero-order valence-corrected chi connectivity index (χ0v) is 13.3. The van der Waals surface area contributed by atoms with E-state index in [9.17, 15) is 8.42 Å². The third-order valence-corrected chi connectivity index (χ3v) is 6.65. The molecule has 0 saturated heterocycles.